The summed E-state index contributed by atoms with van der Waals surface area (Å²) in [5.41, 5.74) is 0.200. The molecule has 0 radical (unpaired) electrons. The summed E-state index contributed by atoms with van der Waals surface area (Å²) in [6.07, 6.45) is 0.881. The van der Waals surface area contributed by atoms with Gasteiger partial charge in [-0.1, -0.05) is 61.7 Å². The Bertz CT molecular complexity index is 1100. The summed E-state index contributed by atoms with van der Waals surface area (Å²) in [7, 11) is 0. The van der Waals surface area contributed by atoms with Crippen LogP contribution in [-0.2, 0) is 16.1 Å². The average Bonchev–Trinajstić information content (AvgIpc) is 3.02. The Kier molecular flexibility index (Phi) is 6.88. The molecule has 1 aliphatic carbocycles. The second kappa shape index (κ2) is 9.52. The number of carbonyl (C=O) groups excluding carboxylic acids is 3. The lowest BCUT2D eigenvalue weighted by molar-refractivity contribution is -0.385. The van der Waals surface area contributed by atoms with Crippen molar-refractivity contribution in [3.8, 4) is 0 Å². The molecule has 0 bridgehead atoms. The van der Waals surface area contributed by atoms with Crippen molar-refractivity contribution in [1.29, 1.82) is 0 Å². The number of carbonyl (C=O) groups is 3. The first-order chi connectivity index (χ1) is 15.7. The first-order valence-electron chi connectivity index (χ1n) is 10.1. The van der Waals surface area contributed by atoms with Gasteiger partial charge in [-0.3, -0.25) is 24.5 Å². The normalized spacial score (nSPS) is 24.5. The van der Waals surface area contributed by atoms with Crippen molar-refractivity contribution in [3.05, 3.63) is 74.8 Å². The van der Waals surface area contributed by atoms with Crippen molar-refractivity contribution in [2.75, 3.05) is 0 Å². The molecule has 3 amide bonds. The molecular weight excluding hydrogens is 582 g/mol. The molecule has 0 aromatic heterocycles. The number of fused-ring (bicyclic) bond motifs is 1. The van der Waals surface area contributed by atoms with Gasteiger partial charge in [0.2, 0.25) is 0 Å². The van der Waals surface area contributed by atoms with Crippen LogP contribution in [0.2, 0.25) is 5.02 Å². The van der Waals surface area contributed by atoms with Crippen LogP contribution in [0.25, 0.3) is 0 Å². The number of nitrogens with zero attached hydrogens (tertiary/aromatic N) is 3. The number of rotatable bonds is 5. The van der Waals surface area contributed by atoms with Gasteiger partial charge in [0.1, 0.15) is 0 Å². The van der Waals surface area contributed by atoms with E-state index in [2.05, 4.69) is 31.9 Å². The van der Waals surface area contributed by atoms with Gasteiger partial charge in [0.15, 0.2) is 0 Å². The molecule has 2 aromatic carbocycles. The Morgan fingerprint density at radius 2 is 1.58 bits per heavy atom. The highest BCUT2D eigenvalue weighted by Crippen LogP contribution is 2.44. The standard InChI is InChI=1S/C22H18Br2ClN3O5/c23-17-9-15-16(10-18(17)24)22(31)27(21(15)30)26(20(29)12-5-7-14(25)8-6-12)11-13-3-1-2-4-19(13)28(32)33/h1-8,15-18H,9-11H2/t15-,16+,17-,18-/m0/s1. The molecule has 1 aliphatic heterocycles. The molecule has 11 heteroatoms. The van der Waals surface area contributed by atoms with E-state index < -0.39 is 34.5 Å². The molecule has 0 spiro atoms. The van der Waals surface area contributed by atoms with Crippen LogP contribution >= 0.6 is 43.5 Å². The maximum atomic E-state index is 13.5. The van der Waals surface area contributed by atoms with E-state index in [1.165, 1.54) is 42.5 Å². The number of hydrogen-bond acceptors (Lipinski definition) is 5. The van der Waals surface area contributed by atoms with Gasteiger partial charge in [-0.2, -0.15) is 5.01 Å². The van der Waals surface area contributed by atoms with Crippen LogP contribution in [0, 0.1) is 22.0 Å². The first kappa shape index (κ1) is 23.8. The van der Waals surface area contributed by atoms with Gasteiger partial charge < -0.3 is 0 Å². The average molecular weight is 600 g/mol. The Labute approximate surface area is 211 Å². The van der Waals surface area contributed by atoms with Crippen LogP contribution < -0.4 is 0 Å². The van der Waals surface area contributed by atoms with Crippen molar-refractivity contribution in [1.82, 2.24) is 10.0 Å². The van der Waals surface area contributed by atoms with E-state index in [0.29, 0.717) is 17.9 Å². The summed E-state index contributed by atoms with van der Waals surface area (Å²) in [5.74, 6) is -2.72. The smallest absolute Gasteiger partial charge is 0.272 e. The molecule has 2 aliphatic rings. The highest BCUT2D eigenvalue weighted by molar-refractivity contribution is 9.12. The molecule has 0 unspecified atom stereocenters. The summed E-state index contributed by atoms with van der Waals surface area (Å²) in [4.78, 5) is 51.2. The second-order valence-electron chi connectivity index (χ2n) is 7.96. The number of halogens is 3. The highest BCUT2D eigenvalue weighted by Gasteiger charge is 2.54. The molecule has 8 nitrogen and oxygen atoms in total. The zero-order chi connectivity index (χ0) is 23.9. The number of amides is 3. The molecule has 2 fully saturated rings. The Balaban J connectivity index is 1.75. The van der Waals surface area contributed by atoms with E-state index in [9.17, 15) is 24.5 Å². The van der Waals surface area contributed by atoms with Crippen LogP contribution in [0.4, 0.5) is 5.69 Å². The van der Waals surface area contributed by atoms with Gasteiger partial charge >= 0.3 is 0 Å². The fourth-order valence-corrected chi connectivity index (χ4v) is 5.64. The second-order valence-corrected chi connectivity index (χ2v) is 10.7. The van der Waals surface area contributed by atoms with E-state index in [1.807, 2.05) is 0 Å². The minimum atomic E-state index is -0.629. The predicted octanol–water partition coefficient (Wildman–Crippen LogP) is 4.73. The first-order valence-corrected chi connectivity index (χ1v) is 12.4. The SMILES string of the molecule is O=C(c1ccc(Cl)cc1)N(Cc1ccccc1[N+](=O)[O-])N1C(=O)[C@H]2C[C@H](Br)[C@@H](Br)C[C@H]2C1=O. The maximum Gasteiger partial charge on any atom is 0.274 e. The predicted molar refractivity (Wildman–Crippen MR) is 128 cm³/mol. The van der Waals surface area contributed by atoms with E-state index in [4.69, 9.17) is 11.6 Å². The molecule has 172 valence electrons. The fraction of sp³-hybridized carbons (Fsp3) is 0.318. The lowest BCUT2D eigenvalue weighted by Gasteiger charge is -2.30. The van der Waals surface area contributed by atoms with Crippen LogP contribution in [0.15, 0.2) is 48.5 Å². The number of hydrogen-bond donors (Lipinski definition) is 0. The Hall–Kier alpha value is -2.30. The van der Waals surface area contributed by atoms with Crippen molar-refractivity contribution in [3.63, 3.8) is 0 Å². The van der Waals surface area contributed by atoms with Crippen LogP contribution in [0.3, 0.4) is 0 Å². The van der Waals surface area contributed by atoms with Crippen LogP contribution in [0.1, 0.15) is 28.8 Å². The number of nitro benzene ring substituents is 1. The van der Waals surface area contributed by atoms with Gasteiger partial charge in [0, 0.05) is 26.3 Å². The summed E-state index contributed by atoms with van der Waals surface area (Å²) in [6, 6.07) is 12.0. The molecule has 1 saturated carbocycles. The lowest BCUT2D eigenvalue weighted by Crippen LogP contribution is -2.49. The molecule has 1 heterocycles. The molecular formula is C22H18Br2ClN3O5. The maximum absolute atomic E-state index is 13.5. The van der Waals surface area contributed by atoms with Gasteiger partial charge in [-0.25, -0.2) is 5.01 Å². The fourth-order valence-electron chi connectivity index (χ4n) is 4.27. The largest absolute Gasteiger partial charge is 0.274 e. The monoisotopic (exact) mass is 597 g/mol. The third kappa shape index (κ3) is 4.56. The molecule has 33 heavy (non-hydrogen) atoms. The number of nitro groups is 1. The lowest BCUT2D eigenvalue weighted by atomic mass is 9.81. The van der Waals surface area contributed by atoms with Gasteiger partial charge in [-0.15, -0.1) is 0 Å². The topological polar surface area (TPSA) is 101 Å². The third-order valence-electron chi connectivity index (χ3n) is 5.96. The van der Waals surface area contributed by atoms with Gasteiger partial charge in [0.25, 0.3) is 23.4 Å². The molecule has 1 saturated heterocycles. The number of benzene rings is 2. The molecule has 4 atom stereocenters. The molecule has 0 N–H and O–H groups in total. The van der Waals surface area contributed by atoms with Crippen LogP contribution in [0.5, 0.6) is 0 Å². The van der Waals surface area contributed by atoms with E-state index in [-0.39, 0.29) is 33.0 Å². The molecule has 4 rings (SSSR count). The van der Waals surface area contributed by atoms with Crippen molar-refractivity contribution >= 4 is 66.9 Å². The zero-order valence-electron chi connectivity index (χ0n) is 17.1. The Morgan fingerprint density at radius 1 is 1.03 bits per heavy atom. The van der Waals surface area contributed by atoms with E-state index in [0.717, 1.165) is 10.0 Å². The number of imide groups is 1. The van der Waals surface area contributed by atoms with Gasteiger partial charge in [0.05, 0.1) is 28.9 Å². The van der Waals surface area contributed by atoms with E-state index >= 15 is 0 Å². The summed E-state index contributed by atoms with van der Waals surface area (Å²) < 4.78 is 0. The number of alkyl halides is 2. The highest BCUT2D eigenvalue weighted by atomic mass is 79.9. The van der Waals surface area contributed by atoms with Crippen molar-refractivity contribution in [2.45, 2.75) is 29.0 Å². The van der Waals surface area contributed by atoms with E-state index in [1.54, 1.807) is 6.07 Å². The third-order valence-corrected chi connectivity index (χ3v) is 8.95. The zero-order valence-corrected chi connectivity index (χ0v) is 21.0. The summed E-state index contributed by atoms with van der Waals surface area (Å²) >= 11 is 13.0. The van der Waals surface area contributed by atoms with Gasteiger partial charge in [-0.05, 0) is 37.1 Å². The Morgan fingerprint density at radius 3 is 2.12 bits per heavy atom. The minimum Gasteiger partial charge on any atom is -0.272 e. The summed E-state index contributed by atoms with van der Waals surface area (Å²) in [6.45, 7) is -0.314. The molecule has 2 aromatic rings. The van der Waals surface area contributed by atoms with Crippen molar-refractivity contribution in [2.24, 2.45) is 11.8 Å². The minimum absolute atomic E-state index is 0.00563. The number of para-hydroxylation sites is 1. The quantitative estimate of drug-likeness (QED) is 0.214. The number of hydrazine groups is 1. The van der Waals surface area contributed by atoms with Crippen molar-refractivity contribution < 1.29 is 19.3 Å². The summed E-state index contributed by atoms with van der Waals surface area (Å²) in [5, 5.41) is 13.9. The van der Waals surface area contributed by atoms with Crippen LogP contribution in [-0.4, -0.2) is 42.3 Å².